The van der Waals surface area contributed by atoms with Crippen molar-refractivity contribution in [1.82, 2.24) is 15.5 Å². The Morgan fingerprint density at radius 1 is 1.17 bits per heavy atom. The summed E-state index contributed by atoms with van der Waals surface area (Å²) >= 11 is 0. The minimum Gasteiger partial charge on any atom is -0.393 e. The van der Waals surface area contributed by atoms with Crippen LogP contribution in [0.3, 0.4) is 0 Å². The third-order valence-corrected chi connectivity index (χ3v) is 4.61. The fourth-order valence-corrected chi connectivity index (χ4v) is 3.09. The van der Waals surface area contributed by atoms with Crippen LogP contribution in [-0.2, 0) is 0 Å². The second-order valence-electron chi connectivity index (χ2n) is 7.56. The molecule has 0 aromatic heterocycles. The van der Waals surface area contributed by atoms with Gasteiger partial charge in [0.2, 0.25) is 0 Å². The Kier molecular flexibility index (Phi) is 11.1. The highest BCUT2D eigenvalue weighted by molar-refractivity contribution is 5.79. The first-order valence-corrected chi connectivity index (χ1v) is 9.96. The van der Waals surface area contributed by atoms with E-state index in [0.29, 0.717) is 6.04 Å². The molecule has 1 heterocycles. The smallest absolute Gasteiger partial charge is 0.191 e. The molecule has 142 valence electrons. The first-order valence-electron chi connectivity index (χ1n) is 9.96. The molecule has 1 saturated heterocycles. The average Bonchev–Trinajstić information content (AvgIpc) is 2.53. The summed E-state index contributed by atoms with van der Waals surface area (Å²) in [5, 5.41) is 16.4. The fourth-order valence-electron chi connectivity index (χ4n) is 3.09. The van der Waals surface area contributed by atoms with E-state index in [4.69, 9.17) is 4.99 Å². The molecule has 0 aromatic rings. The zero-order valence-electron chi connectivity index (χ0n) is 16.4. The largest absolute Gasteiger partial charge is 0.393 e. The van der Waals surface area contributed by atoms with E-state index < -0.39 is 0 Å². The Bertz CT molecular complexity index is 338. The van der Waals surface area contributed by atoms with Gasteiger partial charge in [-0.05, 0) is 52.0 Å². The van der Waals surface area contributed by atoms with E-state index >= 15 is 0 Å². The van der Waals surface area contributed by atoms with Gasteiger partial charge >= 0.3 is 0 Å². The maximum absolute atomic E-state index is 9.54. The van der Waals surface area contributed by atoms with Gasteiger partial charge in [0, 0.05) is 32.2 Å². The summed E-state index contributed by atoms with van der Waals surface area (Å²) in [4.78, 5) is 7.16. The number of hydrogen-bond donors (Lipinski definition) is 3. The van der Waals surface area contributed by atoms with Crippen LogP contribution in [0.1, 0.15) is 66.2 Å². The van der Waals surface area contributed by atoms with E-state index in [2.05, 4.69) is 43.2 Å². The van der Waals surface area contributed by atoms with E-state index in [0.717, 1.165) is 63.9 Å². The lowest BCUT2D eigenvalue weighted by atomic mass is 10.0. The summed E-state index contributed by atoms with van der Waals surface area (Å²) in [5.74, 6) is 1.73. The normalized spacial score (nSPS) is 18.8. The third-order valence-electron chi connectivity index (χ3n) is 4.61. The second kappa shape index (κ2) is 12.5. The van der Waals surface area contributed by atoms with Crippen molar-refractivity contribution in [2.75, 3.05) is 32.7 Å². The lowest BCUT2D eigenvalue weighted by Gasteiger charge is -2.29. The standard InChI is InChI=1S/C19H40N4O/c1-5-20-19(22-17(4)9-6-8-16(2)3)21-12-7-13-23-14-10-18(24)11-15-23/h16-18,24H,5-15H2,1-4H3,(H2,20,21,22). The summed E-state index contributed by atoms with van der Waals surface area (Å²) in [6.45, 7) is 13.8. The van der Waals surface area contributed by atoms with Gasteiger partial charge in [-0.1, -0.05) is 26.7 Å². The monoisotopic (exact) mass is 340 g/mol. The highest BCUT2D eigenvalue weighted by Gasteiger charge is 2.16. The second-order valence-corrected chi connectivity index (χ2v) is 7.56. The van der Waals surface area contributed by atoms with Gasteiger partial charge in [-0.15, -0.1) is 0 Å². The molecule has 1 unspecified atom stereocenters. The highest BCUT2D eigenvalue weighted by Crippen LogP contribution is 2.10. The molecule has 5 nitrogen and oxygen atoms in total. The number of rotatable bonds is 10. The van der Waals surface area contributed by atoms with Crippen LogP contribution in [0, 0.1) is 5.92 Å². The molecule has 1 atom stereocenters. The highest BCUT2D eigenvalue weighted by atomic mass is 16.3. The van der Waals surface area contributed by atoms with Crippen molar-refractivity contribution in [2.24, 2.45) is 10.9 Å². The number of nitrogens with zero attached hydrogens (tertiary/aromatic N) is 2. The van der Waals surface area contributed by atoms with Crippen molar-refractivity contribution in [2.45, 2.75) is 78.4 Å². The molecule has 1 aliphatic heterocycles. The number of aliphatic hydroxyl groups excluding tert-OH is 1. The molecule has 0 aromatic carbocycles. The van der Waals surface area contributed by atoms with E-state index in [9.17, 15) is 5.11 Å². The van der Waals surface area contributed by atoms with Gasteiger partial charge in [-0.3, -0.25) is 4.99 Å². The molecule has 3 N–H and O–H groups in total. The number of hydrogen-bond acceptors (Lipinski definition) is 3. The van der Waals surface area contributed by atoms with E-state index in [1.807, 2.05) is 0 Å². The minimum atomic E-state index is -0.0824. The van der Waals surface area contributed by atoms with Crippen molar-refractivity contribution in [3.05, 3.63) is 0 Å². The zero-order valence-corrected chi connectivity index (χ0v) is 16.4. The Hall–Kier alpha value is -0.810. The van der Waals surface area contributed by atoms with E-state index in [-0.39, 0.29) is 6.10 Å². The molecule has 24 heavy (non-hydrogen) atoms. The number of nitrogens with one attached hydrogen (secondary N) is 2. The number of aliphatic imine (C=N–C) groups is 1. The minimum absolute atomic E-state index is 0.0824. The van der Waals surface area contributed by atoms with Gasteiger partial charge in [0.1, 0.15) is 0 Å². The summed E-state index contributed by atoms with van der Waals surface area (Å²) in [7, 11) is 0. The third kappa shape index (κ3) is 10.1. The van der Waals surface area contributed by atoms with Crippen molar-refractivity contribution in [3.8, 4) is 0 Å². The van der Waals surface area contributed by atoms with Gasteiger partial charge in [-0.25, -0.2) is 0 Å². The van der Waals surface area contributed by atoms with Gasteiger partial charge in [-0.2, -0.15) is 0 Å². The maximum atomic E-state index is 9.54. The lowest BCUT2D eigenvalue weighted by Crippen LogP contribution is -2.42. The predicted molar refractivity (Wildman–Crippen MR) is 104 cm³/mol. The molecule has 0 saturated carbocycles. The molecular formula is C19H40N4O. The van der Waals surface area contributed by atoms with Crippen molar-refractivity contribution in [3.63, 3.8) is 0 Å². The van der Waals surface area contributed by atoms with Crippen molar-refractivity contribution in [1.29, 1.82) is 0 Å². The number of aliphatic hydroxyl groups is 1. The van der Waals surface area contributed by atoms with E-state index in [1.54, 1.807) is 0 Å². The van der Waals surface area contributed by atoms with Crippen LogP contribution in [0.15, 0.2) is 4.99 Å². The molecule has 0 amide bonds. The summed E-state index contributed by atoms with van der Waals surface area (Å²) < 4.78 is 0. The van der Waals surface area contributed by atoms with Gasteiger partial charge < -0.3 is 20.6 Å². The van der Waals surface area contributed by atoms with Crippen LogP contribution < -0.4 is 10.6 Å². The Morgan fingerprint density at radius 3 is 2.50 bits per heavy atom. The van der Waals surface area contributed by atoms with Crippen LogP contribution in [-0.4, -0.2) is 60.8 Å². The Morgan fingerprint density at radius 2 is 1.88 bits per heavy atom. The molecule has 0 radical (unpaired) electrons. The summed E-state index contributed by atoms with van der Waals surface area (Å²) in [5.41, 5.74) is 0. The molecule has 0 bridgehead atoms. The average molecular weight is 341 g/mol. The Balaban J connectivity index is 2.23. The summed E-state index contributed by atoms with van der Waals surface area (Å²) in [6, 6.07) is 0.463. The van der Waals surface area contributed by atoms with Crippen LogP contribution in [0.2, 0.25) is 0 Å². The van der Waals surface area contributed by atoms with Crippen LogP contribution in [0.5, 0.6) is 0 Å². The lowest BCUT2D eigenvalue weighted by molar-refractivity contribution is 0.0824. The van der Waals surface area contributed by atoms with E-state index in [1.165, 1.54) is 19.3 Å². The molecule has 5 heteroatoms. The fraction of sp³-hybridized carbons (Fsp3) is 0.947. The maximum Gasteiger partial charge on any atom is 0.191 e. The molecule has 0 aliphatic carbocycles. The molecule has 1 aliphatic rings. The SMILES string of the molecule is CCNC(=NCCCN1CCC(O)CC1)NC(C)CCCC(C)C. The summed E-state index contributed by atoms with van der Waals surface area (Å²) in [6.07, 6.45) is 6.59. The predicted octanol–water partition coefficient (Wildman–Crippen LogP) is 2.60. The van der Waals surface area contributed by atoms with Crippen LogP contribution in [0.25, 0.3) is 0 Å². The first kappa shape index (κ1) is 21.2. The topological polar surface area (TPSA) is 59.9 Å². The molecule has 0 spiro atoms. The van der Waals surface area contributed by atoms with Crippen molar-refractivity contribution >= 4 is 5.96 Å². The number of guanidine groups is 1. The number of piperidine rings is 1. The van der Waals surface area contributed by atoms with Gasteiger partial charge in [0.25, 0.3) is 0 Å². The van der Waals surface area contributed by atoms with Crippen molar-refractivity contribution < 1.29 is 5.11 Å². The molecule has 1 rings (SSSR count). The molecule has 1 fully saturated rings. The van der Waals surface area contributed by atoms with Gasteiger partial charge in [0.15, 0.2) is 5.96 Å². The zero-order chi connectivity index (χ0) is 17.8. The first-order chi connectivity index (χ1) is 11.5. The molecular weight excluding hydrogens is 300 g/mol. The quantitative estimate of drug-likeness (QED) is 0.325. The van der Waals surface area contributed by atoms with Crippen LogP contribution in [0.4, 0.5) is 0 Å². The number of likely N-dealkylation sites (tertiary alicyclic amines) is 1. The van der Waals surface area contributed by atoms with Crippen LogP contribution >= 0.6 is 0 Å². The van der Waals surface area contributed by atoms with Gasteiger partial charge in [0.05, 0.1) is 6.10 Å². The Labute approximate surface area is 149 Å².